The lowest BCUT2D eigenvalue weighted by atomic mass is 10.0. The second-order valence-electron chi connectivity index (χ2n) is 6.74. The molecule has 9 nitrogen and oxygen atoms in total. The summed E-state index contributed by atoms with van der Waals surface area (Å²) in [5, 5.41) is 29.9. The highest BCUT2D eigenvalue weighted by molar-refractivity contribution is 8.14. The summed E-state index contributed by atoms with van der Waals surface area (Å²) in [5.41, 5.74) is 1.94. The second kappa shape index (κ2) is 8.62. The van der Waals surface area contributed by atoms with Gasteiger partial charge in [0.05, 0.1) is 18.1 Å². The van der Waals surface area contributed by atoms with Crippen LogP contribution in [0.5, 0.6) is 0 Å². The minimum absolute atomic E-state index is 0.0844. The molecule has 0 aromatic heterocycles. The van der Waals surface area contributed by atoms with Crippen LogP contribution in [0.2, 0.25) is 0 Å². The van der Waals surface area contributed by atoms with Gasteiger partial charge in [-0.15, -0.1) is 16.9 Å². The molecule has 1 aromatic rings. The lowest BCUT2D eigenvalue weighted by molar-refractivity contribution is -0.150. The summed E-state index contributed by atoms with van der Waals surface area (Å²) in [6, 6.07) is 8.89. The van der Waals surface area contributed by atoms with Crippen molar-refractivity contribution in [2.24, 2.45) is 10.2 Å². The number of carboxylic acid groups (broad SMARTS) is 1. The quantitative estimate of drug-likeness (QED) is 0.547. The normalized spacial score (nSPS) is 22.8. The fourth-order valence-electron chi connectivity index (χ4n) is 3.37. The predicted molar refractivity (Wildman–Crippen MR) is 114 cm³/mol. The molecule has 156 valence electrons. The lowest BCUT2D eigenvalue weighted by Gasteiger charge is -2.49. The van der Waals surface area contributed by atoms with Crippen molar-refractivity contribution in [1.29, 1.82) is 0 Å². The van der Waals surface area contributed by atoms with E-state index in [0.29, 0.717) is 17.7 Å². The molecule has 0 spiro atoms. The van der Waals surface area contributed by atoms with Crippen LogP contribution in [0.1, 0.15) is 12.0 Å². The molecule has 0 radical (unpaired) electrons. The Balaban J connectivity index is 1.29. The number of aliphatic carboxylic acids is 1. The van der Waals surface area contributed by atoms with Gasteiger partial charge in [-0.25, -0.2) is 4.79 Å². The third kappa shape index (κ3) is 3.87. The molecule has 2 atom stereocenters. The van der Waals surface area contributed by atoms with E-state index in [0.717, 1.165) is 21.2 Å². The van der Waals surface area contributed by atoms with Crippen LogP contribution < -0.4 is 5.32 Å². The Morgan fingerprint density at radius 3 is 2.73 bits per heavy atom. The molecule has 3 aliphatic heterocycles. The van der Waals surface area contributed by atoms with E-state index in [1.165, 1.54) is 23.5 Å². The number of amides is 2. The molecule has 3 heterocycles. The molecule has 0 bridgehead atoms. The summed E-state index contributed by atoms with van der Waals surface area (Å²) < 4.78 is 0. The molecular formula is C19H18N4O5S2. The number of carbonyl (C=O) groups excluding carboxylic acids is 2. The van der Waals surface area contributed by atoms with Crippen molar-refractivity contribution in [2.45, 2.75) is 17.8 Å². The smallest absolute Gasteiger partial charge is 0.352 e. The summed E-state index contributed by atoms with van der Waals surface area (Å²) in [4.78, 5) is 37.4. The van der Waals surface area contributed by atoms with E-state index in [9.17, 15) is 24.6 Å². The SMILES string of the molecule is O=C(CSC1=NN=C(c2ccccc2)C1)NC1C(=O)N2C(C(=O)O)=C(CO)CSC12. The number of aliphatic hydroxyl groups is 1. The van der Waals surface area contributed by atoms with Gasteiger partial charge in [-0.2, -0.15) is 5.10 Å². The first-order valence-corrected chi connectivity index (χ1v) is 11.1. The molecule has 1 aromatic carbocycles. The monoisotopic (exact) mass is 446 g/mol. The number of thioether (sulfide) groups is 2. The van der Waals surface area contributed by atoms with Gasteiger partial charge in [0.2, 0.25) is 5.91 Å². The van der Waals surface area contributed by atoms with Crippen LogP contribution >= 0.6 is 23.5 Å². The predicted octanol–water partition coefficient (Wildman–Crippen LogP) is 0.657. The molecule has 3 aliphatic rings. The van der Waals surface area contributed by atoms with Crippen LogP contribution in [-0.2, 0) is 14.4 Å². The van der Waals surface area contributed by atoms with Crippen molar-refractivity contribution >= 4 is 52.1 Å². The number of β-lactam (4-membered cyclic amide) rings is 1. The zero-order valence-corrected chi connectivity index (χ0v) is 17.3. The van der Waals surface area contributed by atoms with Crippen LogP contribution in [0, 0.1) is 0 Å². The highest BCUT2D eigenvalue weighted by Gasteiger charge is 2.54. The summed E-state index contributed by atoms with van der Waals surface area (Å²) in [6.45, 7) is -0.423. The van der Waals surface area contributed by atoms with E-state index in [2.05, 4.69) is 15.5 Å². The lowest BCUT2D eigenvalue weighted by Crippen LogP contribution is -2.70. The van der Waals surface area contributed by atoms with Crippen molar-refractivity contribution in [3.8, 4) is 0 Å². The van der Waals surface area contributed by atoms with Crippen LogP contribution in [0.4, 0.5) is 0 Å². The standard InChI is InChI=1S/C19H18N4O5S2/c24-7-11-8-30-18-15(17(26)23(18)16(11)19(27)28)20-13(25)9-29-14-6-12(21-22-14)10-4-2-1-3-5-10/h1-5,15,18,24H,6-9H2,(H,20,25)(H,27,28). The fraction of sp³-hybridized carbons (Fsp3) is 0.316. The number of nitrogens with zero attached hydrogens (tertiary/aromatic N) is 3. The van der Waals surface area contributed by atoms with Gasteiger partial charge >= 0.3 is 5.97 Å². The van der Waals surface area contributed by atoms with E-state index in [4.69, 9.17) is 0 Å². The van der Waals surface area contributed by atoms with Gasteiger partial charge in [-0.05, 0) is 11.1 Å². The maximum Gasteiger partial charge on any atom is 0.352 e. The van der Waals surface area contributed by atoms with Crippen LogP contribution in [0.15, 0.2) is 51.8 Å². The van der Waals surface area contributed by atoms with E-state index < -0.39 is 29.9 Å². The van der Waals surface area contributed by atoms with Crippen molar-refractivity contribution in [3.05, 3.63) is 47.2 Å². The van der Waals surface area contributed by atoms with Crippen LogP contribution in [0.25, 0.3) is 0 Å². The molecular weight excluding hydrogens is 428 g/mol. The van der Waals surface area contributed by atoms with Gasteiger partial charge in [0.25, 0.3) is 5.91 Å². The summed E-state index contributed by atoms with van der Waals surface area (Å²) in [6.07, 6.45) is 0.549. The topological polar surface area (TPSA) is 132 Å². The van der Waals surface area contributed by atoms with E-state index in [1.807, 2.05) is 30.3 Å². The number of benzene rings is 1. The number of hydrogen-bond donors (Lipinski definition) is 3. The Morgan fingerprint density at radius 1 is 1.27 bits per heavy atom. The highest BCUT2D eigenvalue weighted by atomic mass is 32.2. The molecule has 2 unspecified atom stereocenters. The first-order chi connectivity index (χ1) is 14.5. The minimum atomic E-state index is -1.26. The Morgan fingerprint density at radius 2 is 2.03 bits per heavy atom. The van der Waals surface area contributed by atoms with Crippen molar-refractivity contribution in [3.63, 3.8) is 0 Å². The zero-order chi connectivity index (χ0) is 21.3. The van der Waals surface area contributed by atoms with Gasteiger partial charge < -0.3 is 15.5 Å². The zero-order valence-electron chi connectivity index (χ0n) is 15.6. The molecule has 2 amide bonds. The fourth-order valence-corrected chi connectivity index (χ4v) is 5.42. The second-order valence-corrected chi connectivity index (χ2v) is 8.90. The molecule has 1 fully saturated rings. The molecule has 0 aliphatic carbocycles. The Hall–Kier alpha value is -2.63. The Labute approximate surface area is 180 Å². The average Bonchev–Trinajstić information content (AvgIpc) is 3.24. The first kappa shape index (κ1) is 20.6. The largest absolute Gasteiger partial charge is 0.477 e. The maximum absolute atomic E-state index is 12.4. The Kier molecular flexibility index (Phi) is 5.93. The van der Waals surface area contributed by atoms with E-state index >= 15 is 0 Å². The van der Waals surface area contributed by atoms with Gasteiger partial charge in [0.15, 0.2) is 0 Å². The van der Waals surface area contributed by atoms with Crippen molar-refractivity contribution in [1.82, 2.24) is 10.2 Å². The maximum atomic E-state index is 12.4. The third-order valence-corrected chi connectivity index (χ3v) is 7.14. The van der Waals surface area contributed by atoms with Gasteiger partial charge in [-0.1, -0.05) is 42.1 Å². The molecule has 1 saturated heterocycles. The number of fused-ring (bicyclic) bond motifs is 1. The first-order valence-electron chi connectivity index (χ1n) is 9.11. The van der Waals surface area contributed by atoms with Gasteiger partial charge in [0, 0.05) is 12.2 Å². The van der Waals surface area contributed by atoms with Crippen LogP contribution in [0.3, 0.4) is 0 Å². The molecule has 11 heteroatoms. The van der Waals surface area contributed by atoms with Crippen LogP contribution in [-0.4, -0.2) is 73.2 Å². The number of aliphatic hydroxyl groups excluding tert-OH is 1. The van der Waals surface area contributed by atoms with Crippen molar-refractivity contribution in [2.75, 3.05) is 18.1 Å². The number of rotatable bonds is 6. The number of nitrogens with one attached hydrogen (secondary N) is 1. The summed E-state index contributed by atoms with van der Waals surface area (Å²) in [7, 11) is 0. The third-order valence-electron chi connectivity index (χ3n) is 4.83. The Bertz CT molecular complexity index is 992. The number of hydrogen-bond acceptors (Lipinski definition) is 8. The van der Waals surface area contributed by atoms with Crippen molar-refractivity contribution < 1.29 is 24.6 Å². The average molecular weight is 447 g/mol. The van der Waals surface area contributed by atoms with Gasteiger partial charge in [-0.3, -0.25) is 14.5 Å². The highest BCUT2D eigenvalue weighted by Crippen LogP contribution is 2.40. The number of carboxylic acids is 1. The van der Waals surface area contributed by atoms with E-state index in [1.54, 1.807) is 0 Å². The minimum Gasteiger partial charge on any atom is -0.477 e. The summed E-state index contributed by atoms with van der Waals surface area (Å²) in [5.74, 6) is -1.69. The molecule has 30 heavy (non-hydrogen) atoms. The molecule has 4 rings (SSSR count). The van der Waals surface area contributed by atoms with Gasteiger partial charge in [0.1, 0.15) is 22.2 Å². The number of carbonyl (C=O) groups is 3. The molecule has 0 saturated carbocycles. The van der Waals surface area contributed by atoms with E-state index in [-0.39, 0.29) is 17.4 Å². The molecule has 3 N–H and O–H groups in total. The summed E-state index contributed by atoms with van der Waals surface area (Å²) >= 11 is 2.58.